The topological polar surface area (TPSA) is 77.1 Å². The first-order valence-electron chi connectivity index (χ1n) is 12.2. The molecule has 0 bridgehead atoms. The van der Waals surface area contributed by atoms with Crippen molar-refractivity contribution in [3.8, 4) is 5.75 Å². The summed E-state index contributed by atoms with van der Waals surface area (Å²) in [7, 11) is 1.34. The van der Waals surface area contributed by atoms with Crippen molar-refractivity contribution in [3.05, 3.63) is 147 Å². The molecule has 6 nitrogen and oxygen atoms in total. The van der Waals surface area contributed by atoms with Crippen LogP contribution in [0.2, 0.25) is 0 Å². The number of aromatic amines is 1. The Hall–Kier alpha value is -3.98. The predicted molar refractivity (Wildman–Crippen MR) is 154 cm³/mol. The standard InChI is InChI=1S/C31H26IN3O3/c1-37-30(36)22-19-26(29(32)34-20-22)38-18-17-28-33-21-27(35-28)31(23-11-5-2-6-12-23,24-13-7-3-8-14-24)25-15-9-4-10-16-25/h2-16,19-21H,17-18H2,1H3,(H,33,35). The summed E-state index contributed by atoms with van der Waals surface area (Å²) in [5.41, 5.74) is 4.04. The van der Waals surface area contributed by atoms with E-state index in [1.54, 1.807) is 6.07 Å². The van der Waals surface area contributed by atoms with Crippen LogP contribution < -0.4 is 4.74 Å². The van der Waals surface area contributed by atoms with Crippen LogP contribution >= 0.6 is 22.6 Å². The molecule has 0 spiro atoms. The van der Waals surface area contributed by atoms with Crippen LogP contribution in [0.3, 0.4) is 0 Å². The van der Waals surface area contributed by atoms with Gasteiger partial charge in [-0.2, -0.15) is 0 Å². The van der Waals surface area contributed by atoms with E-state index in [1.165, 1.54) is 13.3 Å². The van der Waals surface area contributed by atoms with Crippen LogP contribution in [0.5, 0.6) is 5.75 Å². The van der Waals surface area contributed by atoms with Crippen LogP contribution in [0.15, 0.2) is 109 Å². The minimum absolute atomic E-state index is 0.349. The molecule has 0 saturated heterocycles. The minimum atomic E-state index is -0.604. The number of rotatable bonds is 9. The fraction of sp³-hybridized carbons (Fsp3) is 0.129. The highest BCUT2D eigenvalue weighted by Gasteiger charge is 2.40. The van der Waals surface area contributed by atoms with Crippen LogP contribution in [0.25, 0.3) is 0 Å². The first-order valence-corrected chi connectivity index (χ1v) is 13.3. The van der Waals surface area contributed by atoms with Crippen LogP contribution in [-0.2, 0) is 16.6 Å². The molecule has 0 aliphatic rings. The van der Waals surface area contributed by atoms with Crippen molar-refractivity contribution >= 4 is 28.6 Å². The summed E-state index contributed by atoms with van der Waals surface area (Å²) in [6, 6.07) is 33.1. The van der Waals surface area contributed by atoms with Gasteiger partial charge in [0.15, 0.2) is 5.75 Å². The zero-order valence-corrected chi connectivity index (χ0v) is 23.0. The first kappa shape index (κ1) is 25.7. The van der Waals surface area contributed by atoms with Gasteiger partial charge in [-0.3, -0.25) is 0 Å². The van der Waals surface area contributed by atoms with E-state index in [1.807, 2.05) is 24.4 Å². The van der Waals surface area contributed by atoms with Crippen molar-refractivity contribution in [1.82, 2.24) is 15.0 Å². The number of carbonyl (C=O) groups is 1. The van der Waals surface area contributed by atoms with Crippen LogP contribution in [0.4, 0.5) is 0 Å². The van der Waals surface area contributed by atoms with E-state index in [2.05, 4.69) is 105 Å². The van der Waals surface area contributed by atoms with Crippen LogP contribution in [0, 0.1) is 3.70 Å². The Bertz CT molecular complexity index is 1410. The number of methoxy groups -OCH3 is 1. The number of halogens is 1. The third kappa shape index (κ3) is 5.06. The lowest BCUT2D eigenvalue weighted by Crippen LogP contribution is -2.31. The Labute approximate surface area is 235 Å². The summed E-state index contributed by atoms with van der Waals surface area (Å²) >= 11 is 2.09. The lowest BCUT2D eigenvalue weighted by Gasteiger charge is -2.34. The molecule has 190 valence electrons. The van der Waals surface area contributed by atoms with Gasteiger partial charge < -0.3 is 14.5 Å². The van der Waals surface area contributed by atoms with Crippen LogP contribution in [-0.4, -0.2) is 34.6 Å². The molecule has 0 aliphatic heterocycles. The molecule has 2 heterocycles. The highest BCUT2D eigenvalue weighted by atomic mass is 127. The summed E-state index contributed by atoms with van der Waals surface area (Å²) in [6.07, 6.45) is 4.02. The Balaban J connectivity index is 1.49. The smallest absolute Gasteiger partial charge is 0.339 e. The SMILES string of the molecule is COC(=O)c1cnc(I)c(OCCc2nc(C(c3ccccc3)(c3ccccc3)c3ccccc3)c[nH]2)c1. The molecule has 7 heteroatoms. The number of benzene rings is 3. The average Bonchev–Trinajstić information content (AvgIpc) is 3.45. The summed E-state index contributed by atoms with van der Waals surface area (Å²) < 4.78 is 11.5. The molecule has 38 heavy (non-hydrogen) atoms. The first-order chi connectivity index (χ1) is 18.6. The molecule has 0 saturated carbocycles. The molecule has 5 aromatic rings. The molecule has 5 rings (SSSR count). The Kier molecular flexibility index (Phi) is 7.83. The maximum absolute atomic E-state index is 11.9. The number of nitrogens with zero attached hydrogens (tertiary/aromatic N) is 2. The molecule has 0 unspecified atom stereocenters. The van der Waals surface area contributed by atoms with E-state index < -0.39 is 11.4 Å². The van der Waals surface area contributed by atoms with Gasteiger partial charge in [-0.25, -0.2) is 14.8 Å². The maximum atomic E-state index is 11.9. The summed E-state index contributed by atoms with van der Waals surface area (Å²) in [4.78, 5) is 24.6. The van der Waals surface area contributed by atoms with Crippen molar-refractivity contribution in [2.45, 2.75) is 11.8 Å². The van der Waals surface area contributed by atoms with Gasteiger partial charge in [0, 0.05) is 18.8 Å². The molecule has 0 atom stereocenters. The minimum Gasteiger partial charge on any atom is -0.490 e. The molecular weight excluding hydrogens is 589 g/mol. The summed E-state index contributed by atoms with van der Waals surface area (Å²) in [5.74, 6) is 0.889. The Morgan fingerprint density at radius 1 is 0.895 bits per heavy atom. The number of imidazole rings is 1. The van der Waals surface area contributed by atoms with E-state index in [-0.39, 0.29) is 0 Å². The molecule has 2 aromatic heterocycles. The lowest BCUT2D eigenvalue weighted by atomic mass is 9.67. The van der Waals surface area contributed by atoms with E-state index >= 15 is 0 Å². The van der Waals surface area contributed by atoms with Crippen molar-refractivity contribution < 1.29 is 14.3 Å². The molecule has 0 radical (unpaired) electrons. The number of hydrogen-bond acceptors (Lipinski definition) is 5. The molecule has 0 fully saturated rings. The van der Waals surface area contributed by atoms with E-state index in [0.717, 1.165) is 28.2 Å². The molecule has 0 amide bonds. The van der Waals surface area contributed by atoms with Crippen molar-refractivity contribution in [2.24, 2.45) is 0 Å². The monoisotopic (exact) mass is 615 g/mol. The number of aromatic nitrogens is 3. The van der Waals surface area contributed by atoms with Crippen molar-refractivity contribution in [1.29, 1.82) is 0 Å². The fourth-order valence-electron chi connectivity index (χ4n) is 4.71. The van der Waals surface area contributed by atoms with Crippen LogP contribution in [0.1, 0.15) is 38.6 Å². The summed E-state index contributed by atoms with van der Waals surface area (Å²) in [6.45, 7) is 0.365. The number of hydrogen-bond donors (Lipinski definition) is 1. The van der Waals surface area contributed by atoms with Gasteiger partial charge in [0.05, 0.1) is 30.4 Å². The Morgan fingerprint density at radius 3 is 1.97 bits per heavy atom. The van der Waals surface area contributed by atoms with Gasteiger partial charge >= 0.3 is 5.97 Å². The second-order valence-corrected chi connectivity index (χ2v) is 9.71. The number of ether oxygens (including phenoxy) is 2. The largest absolute Gasteiger partial charge is 0.490 e. The third-order valence-electron chi connectivity index (χ3n) is 6.46. The van der Waals surface area contributed by atoms with Crippen molar-refractivity contribution in [2.75, 3.05) is 13.7 Å². The fourth-order valence-corrected chi connectivity index (χ4v) is 5.16. The molecular formula is C31H26IN3O3. The predicted octanol–water partition coefficient (Wildman–Crippen LogP) is 6.20. The van der Waals surface area contributed by atoms with E-state index in [4.69, 9.17) is 14.5 Å². The number of nitrogens with one attached hydrogen (secondary N) is 1. The highest BCUT2D eigenvalue weighted by Crippen LogP contribution is 2.44. The summed E-state index contributed by atoms with van der Waals surface area (Å²) in [5, 5.41) is 0. The van der Waals surface area contributed by atoms with E-state index in [9.17, 15) is 4.79 Å². The van der Waals surface area contributed by atoms with Gasteiger partial charge in [0.1, 0.15) is 9.53 Å². The molecule has 0 aliphatic carbocycles. The zero-order valence-electron chi connectivity index (χ0n) is 20.8. The number of pyridine rings is 1. The second kappa shape index (κ2) is 11.6. The number of esters is 1. The number of carbonyl (C=O) groups excluding carboxylic acids is 1. The van der Waals surface area contributed by atoms with Gasteiger partial charge in [0.2, 0.25) is 0 Å². The van der Waals surface area contributed by atoms with Crippen molar-refractivity contribution in [3.63, 3.8) is 0 Å². The normalized spacial score (nSPS) is 11.2. The van der Waals surface area contributed by atoms with E-state index in [0.29, 0.717) is 28.0 Å². The lowest BCUT2D eigenvalue weighted by molar-refractivity contribution is 0.0599. The van der Waals surface area contributed by atoms with Gasteiger partial charge in [-0.15, -0.1) is 0 Å². The quantitative estimate of drug-likeness (QED) is 0.0926. The average molecular weight is 615 g/mol. The van der Waals surface area contributed by atoms with Gasteiger partial charge in [-0.05, 0) is 45.3 Å². The van der Waals surface area contributed by atoms with Gasteiger partial charge in [0.25, 0.3) is 0 Å². The second-order valence-electron chi connectivity index (χ2n) is 8.68. The molecule has 1 N–H and O–H groups in total. The zero-order chi connectivity index (χ0) is 26.4. The highest BCUT2D eigenvalue weighted by molar-refractivity contribution is 14.1. The van der Waals surface area contributed by atoms with Gasteiger partial charge in [-0.1, -0.05) is 91.0 Å². The number of H-pyrrole nitrogens is 1. The third-order valence-corrected chi connectivity index (χ3v) is 7.27. The Morgan fingerprint density at radius 2 is 1.45 bits per heavy atom. The maximum Gasteiger partial charge on any atom is 0.339 e. The molecule has 3 aromatic carbocycles.